The summed E-state index contributed by atoms with van der Waals surface area (Å²) in [6, 6.07) is 13.3. The highest BCUT2D eigenvalue weighted by Crippen LogP contribution is 2.29. The van der Waals surface area contributed by atoms with Crippen molar-refractivity contribution < 1.29 is 13.9 Å². The van der Waals surface area contributed by atoms with Crippen LogP contribution in [-0.2, 0) is 6.54 Å². The lowest BCUT2D eigenvalue weighted by Crippen LogP contribution is -2.28. The van der Waals surface area contributed by atoms with Gasteiger partial charge in [-0.25, -0.2) is 14.2 Å². The van der Waals surface area contributed by atoms with Crippen molar-refractivity contribution >= 4 is 23.1 Å². The summed E-state index contributed by atoms with van der Waals surface area (Å²) < 4.78 is 19.1. The highest BCUT2D eigenvalue weighted by molar-refractivity contribution is 7.15. The van der Waals surface area contributed by atoms with Crippen LogP contribution in [-0.4, -0.2) is 18.1 Å². The van der Waals surface area contributed by atoms with Gasteiger partial charge in [-0.1, -0.05) is 24.3 Å². The summed E-state index contributed by atoms with van der Waals surface area (Å²) in [5.74, 6) is 0.271. The van der Waals surface area contributed by atoms with E-state index in [1.165, 1.54) is 17.4 Å². The van der Waals surface area contributed by atoms with Crippen molar-refractivity contribution in [2.45, 2.75) is 13.5 Å². The molecule has 2 amide bonds. The molecule has 134 valence electrons. The summed E-state index contributed by atoms with van der Waals surface area (Å²) in [7, 11) is 1.54. The normalized spacial score (nSPS) is 10.4. The molecule has 0 radical (unpaired) electrons. The highest BCUT2D eigenvalue weighted by Gasteiger charge is 2.13. The average molecular weight is 371 g/mol. The quantitative estimate of drug-likeness (QED) is 0.690. The largest absolute Gasteiger partial charge is 0.495 e. The molecule has 2 aromatic carbocycles. The van der Waals surface area contributed by atoms with Gasteiger partial charge in [-0.2, -0.15) is 0 Å². The summed E-state index contributed by atoms with van der Waals surface area (Å²) in [4.78, 5) is 17.4. The molecule has 0 aliphatic carbocycles. The number of para-hydroxylation sites is 2. The van der Waals surface area contributed by atoms with E-state index in [1.54, 1.807) is 37.4 Å². The van der Waals surface area contributed by atoms with Crippen LogP contribution in [0.2, 0.25) is 0 Å². The Balaban J connectivity index is 1.67. The molecule has 0 atom stereocenters. The van der Waals surface area contributed by atoms with E-state index in [1.807, 2.05) is 19.1 Å². The first-order chi connectivity index (χ1) is 12.6. The summed E-state index contributed by atoms with van der Waals surface area (Å²) >= 11 is 1.36. The van der Waals surface area contributed by atoms with Crippen LogP contribution in [0.3, 0.4) is 0 Å². The molecule has 1 heterocycles. The van der Waals surface area contributed by atoms with E-state index < -0.39 is 0 Å². The molecule has 3 aromatic rings. The number of anilines is 1. The number of nitrogens with zero attached hydrogens (tertiary/aromatic N) is 1. The molecule has 0 saturated heterocycles. The van der Waals surface area contributed by atoms with E-state index in [2.05, 4.69) is 15.6 Å². The number of carbonyl (C=O) groups is 1. The van der Waals surface area contributed by atoms with Gasteiger partial charge >= 0.3 is 6.03 Å². The lowest BCUT2D eigenvalue weighted by molar-refractivity contribution is 0.251. The van der Waals surface area contributed by atoms with Gasteiger partial charge in [0.15, 0.2) is 0 Å². The van der Waals surface area contributed by atoms with E-state index in [0.29, 0.717) is 28.6 Å². The molecular formula is C19H18FN3O2S. The Hall–Kier alpha value is -2.93. The molecule has 0 aliphatic rings. The fourth-order valence-electron chi connectivity index (χ4n) is 2.42. The zero-order valence-electron chi connectivity index (χ0n) is 14.4. The van der Waals surface area contributed by atoms with E-state index in [-0.39, 0.29) is 11.8 Å². The van der Waals surface area contributed by atoms with Crippen LogP contribution in [0.1, 0.15) is 10.6 Å². The van der Waals surface area contributed by atoms with Crippen molar-refractivity contribution in [3.63, 3.8) is 0 Å². The maximum atomic E-state index is 13.9. The molecule has 0 bridgehead atoms. The maximum Gasteiger partial charge on any atom is 0.319 e. The van der Waals surface area contributed by atoms with Crippen LogP contribution in [0.25, 0.3) is 10.6 Å². The first-order valence-corrected chi connectivity index (χ1v) is 8.79. The number of benzene rings is 2. The van der Waals surface area contributed by atoms with Crippen molar-refractivity contribution in [1.82, 2.24) is 10.3 Å². The first kappa shape index (κ1) is 17.9. The fraction of sp³-hybridized carbons (Fsp3) is 0.158. The molecule has 26 heavy (non-hydrogen) atoms. The lowest BCUT2D eigenvalue weighted by atomic mass is 10.2. The second-order valence-corrected chi connectivity index (χ2v) is 6.60. The van der Waals surface area contributed by atoms with Gasteiger partial charge in [0, 0.05) is 10.4 Å². The number of ether oxygens (including phenoxy) is 1. The predicted molar refractivity (Wildman–Crippen MR) is 101 cm³/mol. The Kier molecular flexibility index (Phi) is 5.48. The number of hydrogen-bond donors (Lipinski definition) is 2. The minimum Gasteiger partial charge on any atom is -0.495 e. The third kappa shape index (κ3) is 4.00. The molecule has 0 fully saturated rings. The van der Waals surface area contributed by atoms with Crippen LogP contribution >= 0.6 is 11.3 Å². The van der Waals surface area contributed by atoms with Crippen molar-refractivity contribution in [1.29, 1.82) is 0 Å². The molecule has 5 nitrogen and oxygen atoms in total. The standard InChI is InChI=1S/C19H18FN3O2S/c1-12-17(26-18(22-12)13-7-3-4-8-14(13)20)11-21-19(24)23-15-9-5-6-10-16(15)25-2/h3-10H,11H2,1-2H3,(H2,21,23,24). The van der Waals surface area contributed by atoms with Crippen LogP contribution in [0.15, 0.2) is 48.5 Å². The molecule has 0 spiro atoms. The van der Waals surface area contributed by atoms with E-state index in [4.69, 9.17) is 4.74 Å². The van der Waals surface area contributed by atoms with Crippen LogP contribution < -0.4 is 15.4 Å². The zero-order valence-corrected chi connectivity index (χ0v) is 15.2. The van der Waals surface area contributed by atoms with Gasteiger partial charge in [-0.3, -0.25) is 0 Å². The second-order valence-electron chi connectivity index (χ2n) is 5.52. The molecular weight excluding hydrogens is 353 g/mol. The number of aryl methyl sites for hydroxylation is 1. The monoisotopic (exact) mass is 371 g/mol. The van der Waals surface area contributed by atoms with Gasteiger partial charge in [0.1, 0.15) is 16.6 Å². The number of amides is 2. The number of aromatic nitrogens is 1. The summed E-state index contributed by atoms with van der Waals surface area (Å²) in [6.07, 6.45) is 0. The summed E-state index contributed by atoms with van der Waals surface area (Å²) in [6.45, 7) is 2.15. The number of methoxy groups -OCH3 is 1. The molecule has 0 unspecified atom stereocenters. The minimum absolute atomic E-state index is 0.304. The SMILES string of the molecule is COc1ccccc1NC(=O)NCc1sc(-c2ccccc2F)nc1C. The average Bonchev–Trinajstić information content (AvgIpc) is 3.01. The van der Waals surface area contributed by atoms with Crippen molar-refractivity contribution in [2.75, 3.05) is 12.4 Å². The smallest absolute Gasteiger partial charge is 0.319 e. The Morgan fingerprint density at radius 1 is 1.19 bits per heavy atom. The summed E-state index contributed by atoms with van der Waals surface area (Å²) in [5, 5.41) is 6.14. The Morgan fingerprint density at radius 3 is 2.69 bits per heavy atom. The van der Waals surface area contributed by atoms with Gasteiger partial charge in [0.05, 0.1) is 25.0 Å². The van der Waals surface area contributed by atoms with E-state index in [0.717, 1.165) is 10.6 Å². The van der Waals surface area contributed by atoms with Gasteiger partial charge in [-0.15, -0.1) is 11.3 Å². The summed E-state index contributed by atoms with van der Waals surface area (Å²) in [5.41, 5.74) is 1.82. The second kappa shape index (κ2) is 7.97. The van der Waals surface area contributed by atoms with Crippen molar-refractivity contribution in [3.05, 3.63) is 64.9 Å². The Bertz CT molecular complexity index is 927. The maximum absolute atomic E-state index is 13.9. The van der Waals surface area contributed by atoms with Crippen LogP contribution in [0.4, 0.5) is 14.9 Å². The third-order valence-corrected chi connectivity index (χ3v) is 4.95. The molecule has 1 aromatic heterocycles. The van der Waals surface area contributed by atoms with Crippen LogP contribution in [0.5, 0.6) is 5.75 Å². The lowest BCUT2D eigenvalue weighted by Gasteiger charge is -2.10. The van der Waals surface area contributed by atoms with Gasteiger partial charge in [0.25, 0.3) is 0 Å². The molecule has 2 N–H and O–H groups in total. The van der Waals surface area contributed by atoms with Crippen LogP contribution in [0, 0.1) is 12.7 Å². The number of hydrogen-bond acceptors (Lipinski definition) is 4. The number of nitrogens with one attached hydrogen (secondary N) is 2. The van der Waals surface area contributed by atoms with E-state index >= 15 is 0 Å². The molecule has 0 aliphatic heterocycles. The fourth-order valence-corrected chi connectivity index (χ4v) is 3.45. The van der Waals surface area contributed by atoms with Crippen molar-refractivity contribution in [2.24, 2.45) is 0 Å². The number of urea groups is 1. The predicted octanol–water partition coefficient (Wildman–Crippen LogP) is 4.59. The van der Waals surface area contributed by atoms with Gasteiger partial charge in [0.2, 0.25) is 0 Å². The van der Waals surface area contributed by atoms with E-state index in [9.17, 15) is 9.18 Å². The first-order valence-electron chi connectivity index (χ1n) is 7.97. The topological polar surface area (TPSA) is 63.2 Å². The molecule has 7 heteroatoms. The van der Waals surface area contributed by atoms with Gasteiger partial charge < -0.3 is 15.4 Å². The number of carbonyl (C=O) groups excluding carboxylic acids is 1. The molecule has 3 rings (SSSR count). The van der Waals surface area contributed by atoms with Crippen molar-refractivity contribution in [3.8, 4) is 16.3 Å². The zero-order chi connectivity index (χ0) is 18.5. The molecule has 0 saturated carbocycles. The highest BCUT2D eigenvalue weighted by atomic mass is 32.1. The third-order valence-electron chi connectivity index (χ3n) is 3.76. The number of thiazole rings is 1. The number of halogens is 1. The Labute approximate surface area is 154 Å². The number of rotatable bonds is 5. The Morgan fingerprint density at radius 2 is 1.92 bits per heavy atom. The van der Waals surface area contributed by atoms with Gasteiger partial charge in [-0.05, 0) is 31.2 Å². The minimum atomic E-state index is -0.352.